The fourth-order valence-electron chi connectivity index (χ4n) is 3.82. The van der Waals surface area contributed by atoms with Gasteiger partial charge < -0.3 is 19.7 Å². The lowest BCUT2D eigenvalue weighted by Crippen LogP contribution is -2.64. The molecule has 2 atom stereocenters. The van der Waals surface area contributed by atoms with Crippen molar-refractivity contribution in [1.82, 2.24) is 10.2 Å². The average Bonchev–Trinajstić information content (AvgIpc) is 2.64. The normalized spacial score (nSPS) is 26.3. The number of guanidine groups is 1. The molecule has 2 fully saturated rings. The van der Waals surface area contributed by atoms with E-state index in [4.69, 9.17) is 9.47 Å². The van der Waals surface area contributed by atoms with Gasteiger partial charge in [-0.15, -0.1) is 0 Å². The summed E-state index contributed by atoms with van der Waals surface area (Å²) in [6, 6.07) is 0.371. The Hall–Kier alpha value is -1.30. The third-order valence-corrected chi connectivity index (χ3v) is 5.92. The molecule has 6 heteroatoms. The van der Waals surface area contributed by atoms with E-state index in [1.165, 1.54) is 6.42 Å². The van der Waals surface area contributed by atoms with Gasteiger partial charge >= 0.3 is 5.97 Å². The quantitative estimate of drug-likeness (QED) is 0.324. The second-order valence-corrected chi connectivity index (χ2v) is 8.03. The minimum atomic E-state index is -0.0534. The smallest absolute Gasteiger partial charge is 0.309 e. The van der Waals surface area contributed by atoms with Gasteiger partial charge in [0.1, 0.15) is 0 Å². The molecule has 1 aliphatic heterocycles. The summed E-state index contributed by atoms with van der Waals surface area (Å²) >= 11 is 0. The summed E-state index contributed by atoms with van der Waals surface area (Å²) in [6.45, 7) is 11.6. The molecule has 0 radical (unpaired) electrons. The maximum absolute atomic E-state index is 11.9. The Balaban J connectivity index is 1.81. The van der Waals surface area contributed by atoms with Crippen LogP contribution in [0.2, 0.25) is 0 Å². The standard InChI is InChI=1S/C20H37N3O3/c1-6-8-13-26-17-14-16(20(17,3)4)22-19(21-5)23-11-9-15(10-12-23)18(24)25-7-2/h15-17H,6-14H2,1-5H3,(H,21,22). The predicted molar refractivity (Wildman–Crippen MR) is 104 cm³/mol. The number of rotatable bonds is 7. The summed E-state index contributed by atoms with van der Waals surface area (Å²) in [4.78, 5) is 18.6. The average molecular weight is 368 g/mol. The Bertz CT molecular complexity index is 485. The first-order chi connectivity index (χ1) is 12.4. The lowest BCUT2D eigenvalue weighted by molar-refractivity contribution is -0.149. The zero-order valence-electron chi connectivity index (χ0n) is 17.2. The van der Waals surface area contributed by atoms with E-state index in [2.05, 4.69) is 36.0 Å². The molecule has 6 nitrogen and oxygen atoms in total. The highest BCUT2D eigenvalue weighted by molar-refractivity contribution is 5.81. The van der Waals surface area contributed by atoms with Crippen LogP contribution in [0.3, 0.4) is 0 Å². The number of hydrogen-bond donors (Lipinski definition) is 1. The van der Waals surface area contributed by atoms with Gasteiger partial charge in [0.05, 0.1) is 18.6 Å². The SMILES string of the molecule is CCCCOC1CC(NC(=NC)N2CCC(C(=O)OCC)CC2)C1(C)C. The summed E-state index contributed by atoms with van der Waals surface area (Å²) in [6.07, 6.45) is 5.30. The maximum atomic E-state index is 11.9. The van der Waals surface area contributed by atoms with Crippen molar-refractivity contribution in [3.05, 3.63) is 0 Å². The number of esters is 1. The van der Waals surface area contributed by atoms with Gasteiger partial charge in [-0.1, -0.05) is 27.2 Å². The molecular weight excluding hydrogens is 330 g/mol. The molecule has 1 saturated carbocycles. The first kappa shape index (κ1) is 21.0. The number of unbranched alkanes of at least 4 members (excludes halogenated alkanes) is 1. The fraction of sp³-hybridized carbons (Fsp3) is 0.900. The zero-order chi connectivity index (χ0) is 19.2. The van der Waals surface area contributed by atoms with Crippen LogP contribution < -0.4 is 5.32 Å². The van der Waals surface area contributed by atoms with Crippen molar-refractivity contribution in [1.29, 1.82) is 0 Å². The third-order valence-electron chi connectivity index (χ3n) is 5.92. The highest BCUT2D eigenvalue weighted by Gasteiger charge is 2.49. The molecule has 0 amide bonds. The molecule has 0 spiro atoms. The predicted octanol–water partition coefficient (Wildman–Crippen LogP) is 2.82. The van der Waals surface area contributed by atoms with Gasteiger partial charge in [-0.05, 0) is 32.6 Å². The Morgan fingerprint density at radius 1 is 1.27 bits per heavy atom. The van der Waals surface area contributed by atoms with Crippen molar-refractivity contribution in [2.45, 2.75) is 71.9 Å². The number of carbonyl (C=O) groups is 1. The van der Waals surface area contributed by atoms with Crippen LogP contribution in [-0.4, -0.2) is 62.3 Å². The molecule has 0 aromatic rings. The number of ether oxygens (including phenoxy) is 2. The Morgan fingerprint density at radius 2 is 1.96 bits per heavy atom. The van der Waals surface area contributed by atoms with Crippen LogP contribution in [-0.2, 0) is 14.3 Å². The van der Waals surface area contributed by atoms with Crippen LogP contribution in [0.25, 0.3) is 0 Å². The van der Waals surface area contributed by atoms with E-state index in [1.54, 1.807) is 0 Å². The van der Waals surface area contributed by atoms with Crippen molar-refractivity contribution in [3.63, 3.8) is 0 Å². The Morgan fingerprint density at radius 3 is 2.50 bits per heavy atom. The number of aliphatic imine (C=N–C) groups is 1. The molecule has 0 bridgehead atoms. The van der Waals surface area contributed by atoms with Crippen molar-refractivity contribution in [3.8, 4) is 0 Å². The number of likely N-dealkylation sites (tertiary alicyclic amines) is 1. The molecule has 26 heavy (non-hydrogen) atoms. The Kier molecular flexibility index (Phi) is 7.74. The lowest BCUT2D eigenvalue weighted by Gasteiger charge is -2.52. The van der Waals surface area contributed by atoms with Gasteiger partial charge in [0.25, 0.3) is 0 Å². The van der Waals surface area contributed by atoms with Gasteiger partial charge in [-0.25, -0.2) is 0 Å². The van der Waals surface area contributed by atoms with Crippen LogP contribution in [0.1, 0.15) is 59.8 Å². The van der Waals surface area contributed by atoms with Gasteiger partial charge in [-0.2, -0.15) is 0 Å². The maximum Gasteiger partial charge on any atom is 0.309 e. The van der Waals surface area contributed by atoms with Gasteiger partial charge in [0, 0.05) is 38.2 Å². The number of hydrogen-bond acceptors (Lipinski definition) is 4. The van der Waals surface area contributed by atoms with Crippen LogP contribution in [0.5, 0.6) is 0 Å². The number of nitrogens with zero attached hydrogens (tertiary/aromatic N) is 2. The van der Waals surface area contributed by atoms with E-state index < -0.39 is 0 Å². The summed E-state index contributed by atoms with van der Waals surface area (Å²) in [7, 11) is 1.83. The minimum absolute atomic E-state index is 0.0285. The highest BCUT2D eigenvalue weighted by atomic mass is 16.5. The van der Waals surface area contributed by atoms with Gasteiger partial charge in [0.2, 0.25) is 0 Å². The molecule has 2 rings (SSSR count). The van der Waals surface area contributed by atoms with E-state index in [-0.39, 0.29) is 17.3 Å². The van der Waals surface area contributed by atoms with E-state index in [0.717, 1.165) is 51.3 Å². The number of carbonyl (C=O) groups excluding carboxylic acids is 1. The second kappa shape index (κ2) is 9.58. The van der Waals surface area contributed by atoms with Crippen LogP contribution in [0.4, 0.5) is 0 Å². The van der Waals surface area contributed by atoms with Gasteiger partial charge in [-0.3, -0.25) is 9.79 Å². The van der Waals surface area contributed by atoms with Crippen LogP contribution in [0, 0.1) is 11.3 Å². The monoisotopic (exact) mass is 367 g/mol. The number of piperidine rings is 1. The van der Waals surface area contributed by atoms with E-state index >= 15 is 0 Å². The fourth-order valence-corrected chi connectivity index (χ4v) is 3.82. The van der Waals surface area contributed by atoms with E-state index in [1.807, 2.05) is 14.0 Å². The van der Waals surface area contributed by atoms with E-state index in [0.29, 0.717) is 18.8 Å². The topological polar surface area (TPSA) is 63.2 Å². The zero-order valence-corrected chi connectivity index (χ0v) is 17.2. The summed E-state index contributed by atoms with van der Waals surface area (Å²) < 4.78 is 11.2. The first-order valence-corrected chi connectivity index (χ1v) is 10.2. The van der Waals surface area contributed by atoms with Crippen molar-refractivity contribution in [2.75, 3.05) is 33.4 Å². The van der Waals surface area contributed by atoms with Crippen LogP contribution in [0.15, 0.2) is 4.99 Å². The summed E-state index contributed by atoms with van der Waals surface area (Å²) in [5.74, 6) is 0.917. The molecular formula is C20H37N3O3. The van der Waals surface area contributed by atoms with E-state index in [9.17, 15) is 4.79 Å². The van der Waals surface area contributed by atoms with Gasteiger partial charge in [0.15, 0.2) is 5.96 Å². The molecule has 0 aromatic carbocycles. The Labute approximate surface area is 158 Å². The minimum Gasteiger partial charge on any atom is -0.466 e. The lowest BCUT2D eigenvalue weighted by atomic mass is 9.64. The highest BCUT2D eigenvalue weighted by Crippen LogP contribution is 2.43. The molecule has 1 aliphatic carbocycles. The molecule has 0 aromatic heterocycles. The first-order valence-electron chi connectivity index (χ1n) is 10.2. The number of nitrogens with one attached hydrogen (secondary N) is 1. The van der Waals surface area contributed by atoms with Crippen LogP contribution >= 0.6 is 0 Å². The van der Waals surface area contributed by atoms with Crippen molar-refractivity contribution < 1.29 is 14.3 Å². The van der Waals surface area contributed by atoms with Crippen molar-refractivity contribution >= 4 is 11.9 Å². The summed E-state index contributed by atoms with van der Waals surface area (Å²) in [5.41, 5.74) is 0.104. The molecule has 1 saturated heterocycles. The second-order valence-electron chi connectivity index (χ2n) is 8.03. The molecule has 2 aliphatic rings. The molecule has 150 valence electrons. The largest absolute Gasteiger partial charge is 0.466 e. The molecule has 1 N–H and O–H groups in total. The van der Waals surface area contributed by atoms with Crippen molar-refractivity contribution in [2.24, 2.45) is 16.3 Å². The summed E-state index contributed by atoms with van der Waals surface area (Å²) in [5, 5.41) is 3.63. The molecule has 2 unspecified atom stereocenters. The molecule has 1 heterocycles. The third kappa shape index (κ3) is 4.90.